The van der Waals surface area contributed by atoms with Gasteiger partial charge in [0.05, 0.1) is 5.02 Å². The van der Waals surface area contributed by atoms with Crippen molar-refractivity contribution in [2.45, 2.75) is 37.0 Å². The molecule has 0 unspecified atom stereocenters. The average molecular weight is 257 g/mol. The standard InChI is InChI=1S/C12H17ClN2S/c1-16-11-5-3-10(4-6-11)15-12-7-2-9(13)8-14-12/h2,7-8,10-11H,3-6H2,1H3,(H,14,15). The van der Waals surface area contributed by atoms with Crippen LogP contribution in [0.2, 0.25) is 5.02 Å². The van der Waals surface area contributed by atoms with Gasteiger partial charge in [-0.3, -0.25) is 0 Å². The summed E-state index contributed by atoms with van der Waals surface area (Å²) >= 11 is 7.79. The molecule has 1 aromatic heterocycles. The van der Waals surface area contributed by atoms with E-state index in [1.165, 1.54) is 25.7 Å². The maximum absolute atomic E-state index is 5.80. The van der Waals surface area contributed by atoms with E-state index in [9.17, 15) is 0 Å². The number of hydrogen-bond donors (Lipinski definition) is 1. The van der Waals surface area contributed by atoms with Crippen LogP contribution in [0.3, 0.4) is 0 Å². The number of aromatic nitrogens is 1. The smallest absolute Gasteiger partial charge is 0.126 e. The first kappa shape index (κ1) is 12.1. The Balaban J connectivity index is 1.84. The normalized spacial score (nSPS) is 25.4. The zero-order valence-electron chi connectivity index (χ0n) is 9.45. The summed E-state index contributed by atoms with van der Waals surface area (Å²) in [7, 11) is 0. The van der Waals surface area contributed by atoms with Crippen molar-refractivity contribution in [2.24, 2.45) is 0 Å². The lowest BCUT2D eigenvalue weighted by molar-refractivity contribution is 0.472. The molecule has 1 fully saturated rings. The van der Waals surface area contributed by atoms with Gasteiger partial charge in [-0.25, -0.2) is 4.98 Å². The van der Waals surface area contributed by atoms with E-state index < -0.39 is 0 Å². The third kappa shape index (κ3) is 3.29. The SMILES string of the molecule is CSC1CCC(Nc2ccc(Cl)cn2)CC1. The van der Waals surface area contributed by atoms with Gasteiger partial charge >= 0.3 is 0 Å². The lowest BCUT2D eigenvalue weighted by atomic mass is 9.95. The van der Waals surface area contributed by atoms with Crippen molar-refractivity contribution in [1.29, 1.82) is 0 Å². The summed E-state index contributed by atoms with van der Waals surface area (Å²) in [5, 5.41) is 5.02. The molecule has 88 valence electrons. The average Bonchev–Trinajstić information content (AvgIpc) is 2.33. The van der Waals surface area contributed by atoms with Gasteiger partial charge < -0.3 is 5.32 Å². The molecule has 0 spiro atoms. The molecule has 0 aromatic carbocycles. The predicted octanol–water partition coefficient (Wildman–Crippen LogP) is 3.82. The molecule has 2 nitrogen and oxygen atoms in total. The molecule has 1 N–H and O–H groups in total. The fraction of sp³-hybridized carbons (Fsp3) is 0.583. The molecule has 2 rings (SSSR count). The summed E-state index contributed by atoms with van der Waals surface area (Å²) in [6.45, 7) is 0. The van der Waals surface area contributed by atoms with Gasteiger partial charge in [0.15, 0.2) is 0 Å². The topological polar surface area (TPSA) is 24.9 Å². The lowest BCUT2D eigenvalue weighted by Crippen LogP contribution is -2.27. The fourth-order valence-electron chi connectivity index (χ4n) is 2.11. The quantitative estimate of drug-likeness (QED) is 0.890. The number of nitrogens with one attached hydrogen (secondary N) is 1. The van der Waals surface area contributed by atoms with Crippen LogP contribution in [-0.4, -0.2) is 22.5 Å². The van der Waals surface area contributed by atoms with E-state index in [0.29, 0.717) is 11.1 Å². The Kier molecular flexibility index (Phi) is 4.36. The summed E-state index contributed by atoms with van der Waals surface area (Å²) in [6, 6.07) is 4.41. The molecule has 0 aliphatic heterocycles. The molecule has 0 bridgehead atoms. The van der Waals surface area contributed by atoms with Gasteiger partial charge in [-0.2, -0.15) is 11.8 Å². The Morgan fingerprint density at radius 2 is 2.06 bits per heavy atom. The van der Waals surface area contributed by atoms with E-state index in [2.05, 4.69) is 16.6 Å². The maximum Gasteiger partial charge on any atom is 0.126 e. The van der Waals surface area contributed by atoms with E-state index in [0.717, 1.165) is 11.1 Å². The van der Waals surface area contributed by atoms with Gasteiger partial charge in [-0.1, -0.05) is 11.6 Å². The molecule has 0 atom stereocenters. The highest BCUT2D eigenvalue weighted by atomic mass is 35.5. The highest BCUT2D eigenvalue weighted by Crippen LogP contribution is 2.28. The highest BCUT2D eigenvalue weighted by Gasteiger charge is 2.20. The molecule has 1 aromatic rings. The van der Waals surface area contributed by atoms with Gasteiger partial charge in [0.25, 0.3) is 0 Å². The minimum atomic E-state index is 0.581. The maximum atomic E-state index is 5.80. The van der Waals surface area contributed by atoms with Gasteiger partial charge in [0, 0.05) is 17.5 Å². The van der Waals surface area contributed by atoms with E-state index in [-0.39, 0.29) is 0 Å². The van der Waals surface area contributed by atoms with Crippen LogP contribution in [-0.2, 0) is 0 Å². The van der Waals surface area contributed by atoms with Crippen LogP contribution < -0.4 is 5.32 Å². The number of rotatable bonds is 3. The van der Waals surface area contributed by atoms with Crippen LogP contribution in [0.1, 0.15) is 25.7 Å². The second kappa shape index (κ2) is 5.78. The van der Waals surface area contributed by atoms with Crippen molar-refractivity contribution >= 4 is 29.2 Å². The predicted molar refractivity (Wildman–Crippen MR) is 72.4 cm³/mol. The Hall–Kier alpha value is -0.410. The largest absolute Gasteiger partial charge is 0.367 e. The minimum absolute atomic E-state index is 0.581. The molecular weight excluding hydrogens is 240 g/mol. The van der Waals surface area contributed by atoms with Gasteiger partial charge in [-0.05, 0) is 44.1 Å². The van der Waals surface area contributed by atoms with E-state index in [1.807, 2.05) is 23.9 Å². The zero-order chi connectivity index (χ0) is 11.4. The summed E-state index contributed by atoms with van der Waals surface area (Å²) in [4.78, 5) is 4.26. The Morgan fingerprint density at radius 3 is 2.62 bits per heavy atom. The molecule has 1 heterocycles. The van der Waals surface area contributed by atoms with Crippen molar-refractivity contribution in [1.82, 2.24) is 4.98 Å². The zero-order valence-corrected chi connectivity index (χ0v) is 11.0. The molecule has 1 aliphatic carbocycles. The molecule has 1 aliphatic rings. The van der Waals surface area contributed by atoms with Gasteiger partial charge in [0.1, 0.15) is 5.82 Å². The van der Waals surface area contributed by atoms with Crippen LogP contribution >= 0.6 is 23.4 Å². The second-order valence-electron chi connectivity index (χ2n) is 4.22. The summed E-state index contributed by atoms with van der Waals surface area (Å²) in [5.41, 5.74) is 0. The van der Waals surface area contributed by atoms with Crippen LogP contribution in [0.5, 0.6) is 0 Å². The Labute approximate surface area is 106 Å². The van der Waals surface area contributed by atoms with E-state index in [4.69, 9.17) is 11.6 Å². The first-order chi connectivity index (χ1) is 7.78. The lowest BCUT2D eigenvalue weighted by Gasteiger charge is -2.28. The number of pyridine rings is 1. The molecule has 1 saturated carbocycles. The number of halogens is 1. The Morgan fingerprint density at radius 1 is 1.31 bits per heavy atom. The number of thioether (sulfide) groups is 1. The van der Waals surface area contributed by atoms with Crippen molar-refractivity contribution in [2.75, 3.05) is 11.6 Å². The minimum Gasteiger partial charge on any atom is -0.367 e. The van der Waals surface area contributed by atoms with E-state index in [1.54, 1.807) is 6.20 Å². The first-order valence-electron chi connectivity index (χ1n) is 5.69. The first-order valence-corrected chi connectivity index (χ1v) is 7.35. The van der Waals surface area contributed by atoms with Crippen LogP contribution in [0, 0.1) is 0 Å². The van der Waals surface area contributed by atoms with Crippen LogP contribution in [0.25, 0.3) is 0 Å². The highest BCUT2D eigenvalue weighted by molar-refractivity contribution is 7.99. The second-order valence-corrected chi connectivity index (χ2v) is 5.79. The van der Waals surface area contributed by atoms with Crippen LogP contribution in [0.15, 0.2) is 18.3 Å². The summed E-state index contributed by atoms with van der Waals surface area (Å²) in [6.07, 6.45) is 9.01. The molecule has 0 amide bonds. The monoisotopic (exact) mass is 256 g/mol. The molecule has 0 saturated heterocycles. The van der Waals surface area contributed by atoms with E-state index >= 15 is 0 Å². The molecule has 16 heavy (non-hydrogen) atoms. The molecule has 4 heteroatoms. The molecule has 0 radical (unpaired) electrons. The van der Waals surface area contributed by atoms with Crippen molar-refractivity contribution in [3.8, 4) is 0 Å². The van der Waals surface area contributed by atoms with Crippen molar-refractivity contribution in [3.63, 3.8) is 0 Å². The van der Waals surface area contributed by atoms with Crippen LogP contribution in [0.4, 0.5) is 5.82 Å². The molecular formula is C12H17ClN2S. The van der Waals surface area contributed by atoms with Gasteiger partial charge in [0.2, 0.25) is 0 Å². The summed E-state index contributed by atoms with van der Waals surface area (Å²) < 4.78 is 0. The number of hydrogen-bond acceptors (Lipinski definition) is 3. The Bertz CT molecular complexity index is 320. The number of nitrogens with zero attached hydrogens (tertiary/aromatic N) is 1. The van der Waals surface area contributed by atoms with Crippen molar-refractivity contribution < 1.29 is 0 Å². The third-order valence-corrected chi connectivity index (χ3v) is 4.45. The van der Waals surface area contributed by atoms with Crippen molar-refractivity contribution in [3.05, 3.63) is 23.4 Å². The summed E-state index contributed by atoms with van der Waals surface area (Å²) in [5.74, 6) is 0.942. The van der Waals surface area contributed by atoms with Gasteiger partial charge in [-0.15, -0.1) is 0 Å². The number of anilines is 1. The fourth-order valence-corrected chi connectivity index (χ4v) is 2.97. The third-order valence-electron chi connectivity index (χ3n) is 3.09.